The van der Waals surface area contributed by atoms with Crippen LogP contribution in [0, 0.1) is 5.82 Å². The first-order valence-corrected chi connectivity index (χ1v) is 7.72. The lowest BCUT2D eigenvalue weighted by molar-refractivity contribution is -0.121. The molecule has 0 bridgehead atoms. The summed E-state index contributed by atoms with van der Waals surface area (Å²) in [5, 5.41) is 2.96. The minimum absolute atomic E-state index is 0.0111. The molecule has 3 rings (SSSR count). The Morgan fingerprint density at radius 3 is 2.38 bits per heavy atom. The van der Waals surface area contributed by atoms with Gasteiger partial charge in [-0.2, -0.15) is 0 Å². The van der Waals surface area contributed by atoms with Crippen LogP contribution in [0.15, 0.2) is 79.0 Å². The zero-order chi connectivity index (χ0) is 16.8. The molecule has 0 aliphatic carbocycles. The van der Waals surface area contributed by atoms with Gasteiger partial charge in [0, 0.05) is 6.20 Å². The number of benzene rings is 2. The minimum atomic E-state index is -0.373. The predicted octanol–water partition coefficient (Wildman–Crippen LogP) is 3.67. The van der Waals surface area contributed by atoms with Crippen LogP contribution in [-0.2, 0) is 11.2 Å². The fourth-order valence-corrected chi connectivity index (χ4v) is 2.55. The van der Waals surface area contributed by atoms with Gasteiger partial charge in [0.15, 0.2) is 0 Å². The van der Waals surface area contributed by atoms with Crippen molar-refractivity contribution in [2.45, 2.75) is 12.5 Å². The van der Waals surface area contributed by atoms with E-state index < -0.39 is 0 Å². The minimum Gasteiger partial charge on any atom is -0.343 e. The summed E-state index contributed by atoms with van der Waals surface area (Å²) < 4.78 is 13.7. The summed E-state index contributed by atoms with van der Waals surface area (Å²) in [5.74, 6) is -0.624. The van der Waals surface area contributed by atoms with Gasteiger partial charge in [-0.3, -0.25) is 9.78 Å². The maximum Gasteiger partial charge on any atom is 0.225 e. The molecule has 0 radical (unpaired) electrons. The fraction of sp³-hybridized carbons (Fsp3) is 0.100. The summed E-state index contributed by atoms with van der Waals surface area (Å²) >= 11 is 0. The number of aromatic nitrogens is 1. The van der Waals surface area contributed by atoms with E-state index in [0.29, 0.717) is 5.56 Å². The number of hydrogen-bond donors (Lipinski definition) is 1. The Balaban J connectivity index is 1.82. The Hall–Kier alpha value is -3.01. The van der Waals surface area contributed by atoms with E-state index in [-0.39, 0.29) is 24.2 Å². The van der Waals surface area contributed by atoms with E-state index in [1.54, 1.807) is 24.4 Å². The highest BCUT2D eigenvalue weighted by atomic mass is 19.1. The van der Waals surface area contributed by atoms with E-state index >= 15 is 0 Å². The molecular weight excluding hydrogens is 303 g/mol. The van der Waals surface area contributed by atoms with Crippen molar-refractivity contribution in [3.63, 3.8) is 0 Å². The molecule has 0 aliphatic rings. The smallest absolute Gasteiger partial charge is 0.225 e. The van der Waals surface area contributed by atoms with E-state index in [0.717, 1.165) is 11.3 Å². The van der Waals surface area contributed by atoms with Crippen molar-refractivity contribution in [2.24, 2.45) is 0 Å². The first-order chi connectivity index (χ1) is 11.7. The second kappa shape index (κ2) is 7.51. The average Bonchev–Trinajstić information content (AvgIpc) is 2.63. The molecule has 0 fully saturated rings. The van der Waals surface area contributed by atoms with E-state index in [1.807, 2.05) is 48.5 Å². The van der Waals surface area contributed by atoms with Gasteiger partial charge in [-0.25, -0.2) is 4.39 Å². The van der Waals surface area contributed by atoms with Crippen molar-refractivity contribution in [3.8, 4) is 0 Å². The number of nitrogens with one attached hydrogen (secondary N) is 1. The van der Waals surface area contributed by atoms with Gasteiger partial charge >= 0.3 is 0 Å². The highest BCUT2D eigenvalue weighted by Crippen LogP contribution is 2.20. The molecule has 0 saturated carbocycles. The third-order valence-corrected chi connectivity index (χ3v) is 3.73. The summed E-state index contributed by atoms with van der Waals surface area (Å²) in [6.45, 7) is 0. The average molecular weight is 320 g/mol. The standard InChI is InChI=1S/C20H17FN2O/c21-17-11-5-4-10-16(17)14-19(24)23-20(15-8-2-1-3-9-15)18-12-6-7-13-22-18/h1-13,20H,14H2,(H,23,24). The van der Waals surface area contributed by atoms with Crippen molar-refractivity contribution in [3.05, 3.63) is 102 Å². The number of carbonyl (C=O) groups excluding carboxylic acids is 1. The van der Waals surface area contributed by atoms with Gasteiger partial charge in [0.1, 0.15) is 5.82 Å². The highest BCUT2D eigenvalue weighted by molar-refractivity contribution is 5.79. The van der Waals surface area contributed by atoms with Crippen molar-refractivity contribution >= 4 is 5.91 Å². The summed E-state index contributed by atoms with van der Waals surface area (Å²) in [6, 6.07) is 21.1. The van der Waals surface area contributed by atoms with Gasteiger partial charge in [-0.05, 0) is 29.3 Å². The van der Waals surface area contributed by atoms with Crippen LogP contribution < -0.4 is 5.32 Å². The van der Waals surface area contributed by atoms with E-state index in [9.17, 15) is 9.18 Å². The molecule has 3 aromatic rings. The third-order valence-electron chi connectivity index (χ3n) is 3.73. The first-order valence-electron chi connectivity index (χ1n) is 7.72. The lowest BCUT2D eigenvalue weighted by Crippen LogP contribution is -2.31. The van der Waals surface area contributed by atoms with Gasteiger partial charge in [0.2, 0.25) is 5.91 Å². The molecular formula is C20H17FN2O. The number of carbonyl (C=O) groups is 1. The van der Waals surface area contributed by atoms with Gasteiger partial charge in [-0.15, -0.1) is 0 Å². The van der Waals surface area contributed by atoms with E-state index in [1.165, 1.54) is 6.07 Å². The van der Waals surface area contributed by atoms with Gasteiger partial charge in [0.05, 0.1) is 18.2 Å². The van der Waals surface area contributed by atoms with Gasteiger partial charge in [0.25, 0.3) is 0 Å². The molecule has 24 heavy (non-hydrogen) atoms. The predicted molar refractivity (Wildman–Crippen MR) is 90.8 cm³/mol. The van der Waals surface area contributed by atoms with Crippen molar-refractivity contribution in [1.29, 1.82) is 0 Å². The maximum absolute atomic E-state index is 13.7. The molecule has 1 aromatic heterocycles. The molecule has 1 amide bonds. The highest BCUT2D eigenvalue weighted by Gasteiger charge is 2.18. The Kier molecular flexibility index (Phi) is 4.96. The lowest BCUT2D eigenvalue weighted by atomic mass is 10.0. The quantitative estimate of drug-likeness (QED) is 0.779. The Labute approximate surface area is 140 Å². The van der Waals surface area contributed by atoms with E-state index in [4.69, 9.17) is 0 Å². The van der Waals surface area contributed by atoms with Crippen molar-refractivity contribution in [1.82, 2.24) is 10.3 Å². The molecule has 0 spiro atoms. The molecule has 3 nitrogen and oxygen atoms in total. The van der Waals surface area contributed by atoms with Gasteiger partial charge in [-0.1, -0.05) is 54.6 Å². The first kappa shape index (κ1) is 15.9. The van der Waals surface area contributed by atoms with Crippen LogP contribution in [0.25, 0.3) is 0 Å². The Bertz CT molecular complexity index is 767. The molecule has 2 aromatic carbocycles. The SMILES string of the molecule is O=C(Cc1ccccc1F)NC(c1ccccc1)c1ccccn1. The molecule has 1 unspecified atom stereocenters. The number of amides is 1. The summed E-state index contributed by atoms with van der Waals surface area (Å²) in [4.78, 5) is 16.8. The number of rotatable bonds is 5. The second-order valence-electron chi connectivity index (χ2n) is 5.43. The molecule has 4 heteroatoms. The Morgan fingerprint density at radius 1 is 0.958 bits per heavy atom. The monoisotopic (exact) mass is 320 g/mol. The number of nitrogens with zero attached hydrogens (tertiary/aromatic N) is 1. The zero-order valence-electron chi connectivity index (χ0n) is 13.0. The molecule has 1 atom stereocenters. The number of pyridine rings is 1. The fourth-order valence-electron chi connectivity index (χ4n) is 2.55. The largest absolute Gasteiger partial charge is 0.343 e. The van der Waals surface area contributed by atoms with Gasteiger partial charge < -0.3 is 5.32 Å². The molecule has 1 heterocycles. The van der Waals surface area contributed by atoms with Crippen LogP contribution in [-0.4, -0.2) is 10.9 Å². The molecule has 1 N–H and O–H groups in total. The molecule has 120 valence electrons. The van der Waals surface area contributed by atoms with Crippen LogP contribution in [0.1, 0.15) is 22.9 Å². The van der Waals surface area contributed by atoms with E-state index in [2.05, 4.69) is 10.3 Å². The lowest BCUT2D eigenvalue weighted by Gasteiger charge is -2.19. The summed E-state index contributed by atoms with van der Waals surface area (Å²) in [5.41, 5.74) is 2.05. The molecule has 0 aliphatic heterocycles. The van der Waals surface area contributed by atoms with Crippen LogP contribution in [0.3, 0.4) is 0 Å². The molecule has 0 saturated heterocycles. The summed E-state index contributed by atoms with van der Waals surface area (Å²) in [7, 11) is 0. The summed E-state index contributed by atoms with van der Waals surface area (Å²) in [6.07, 6.45) is 1.68. The van der Waals surface area contributed by atoms with Crippen LogP contribution in [0.2, 0.25) is 0 Å². The zero-order valence-corrected chi connectivity index (χ0v) is 13.0. The Morgan fingerprint density at radius 2 is 1.67 bits per heavy atom. The van der Waals surface area contributed by atoms with Crippen LogP contribution >= 0.6 is 0 Å². The third kappa shape index (κ3) is 3.84. The van der Waals surface area contributed by atoms with Crippen LogP contribution in [0.4, 0.5) is 4.39 Å². The van der Waals surface area contributed by atoms with Crippen LogP contribution in [0.5, 0.6) is 0 Å². The van der Waals surface area contributed by atoms with Crippen molar-refractivity contribution in [2.75, 3.05) is 0 Å². The topological polar surface area (TPSA) is 42.0 Å². The maximum atomic E-state index is 13.7. The normalized spacial score (nSPS) is 11.7. The second-order valence-corrected chi connectivity index (χ2v) is 5.43. The number of halogens is 1. The van der Waals surface area contributed by atoms with Crippen molar-refractivity contribution < 1.29 is 9.18 Å². The number of hydrogen-bond acceptors (Lipinski definition) is 2.